The first-order valence-electron chi connectivity index (χ1n) is 13.6. The quantitative estimate of drug-likeness (QED) is 0.198. The summed E-state index contributed by atoms with van der Waals surface area (Å²) in [5.74, 6) is 2.28. The maximum absolute atomic E-state index is 6.08. The molecular formula is C34H32N4O2S. The number of nitrogens with zero attached hydrogens (tertiary/aromatic N) is 3. The van der Waals surface area contributed by atoms with E-state index in [0.29, 0.717) is 5.11 Å². The van der Waals surface area contributed by atoms with Crippen LogP contribution in [0, 0.1) is 13.8 Å². The van der Waals surface area contributed by atoms with E-state index in [1.54, 1.807) is 7.11 Å². The zero-order chi connectivity index (χ0) is 28.3. The lowest BCUT2D eigenvalue weighted by molar-refractivity contribution is 0.413. The van der Waals surface area contributed by atoms with E-state index < -0.39 is 0 Å². The molecule has 3 heterocycles. The number of anilines is 1. The van der Waals surface area contributed by atoms with E-state index in [1.807, 2.05) is 54.7 Å². The van der Waals surface area contributed by atoms with Crippen LogP contribution in [0.3, 0.4) is 0 Å². The Morgan fingerprint density at radius 3 is 2.15 bits per heavy atom. The van der Waals surface area contributed by atoms with Crippen molar-refractivity contribution < 1.29 is 9.47 Å². The summed E-state index contributed by atoms with van der Waals surface area (Å²) in [4.78, 5) is 6.92. The molecule has 5 aromatic rings. The smallest absolute Gasteiger partial charge is 0.174 e. The van der Waals surface area contributed by atoms with Gasteiger partial charge in [-0.05, 0) is 104 Å². The molecule has 0 radical (unpaired) electrons. The molecule has 2 atom stereocenters. The van der Waals surface area contributed by atoms with Gasteiger partial charge in [-0.25, -0.2) is 0 Å². The van der Waals surface area contributed by atoms with Gasteiger partial charge in [0, 0.05) is 29.8 Å². The van der Waals surface area contributed by atoms with Crippen LogP contribution in [-0.4, -0.2) is 21.8 Å². The summed E-state index contributed by atoms with van der Waals surface area (Å²) >= 11 is 5.96. The summed E-state index contributed by atoms with van der Waals surface area (Å²) in [6.07, 6.45) is 1.84. The van der Waals surface area contributed by atoms with Crippen molar-refractivity contribution in [3.05, 3.63) is 138 Å². The van der Waals surface area contributed by atoms with Gasteiger partial charge in [0.1, 0.15) is 17.2 Å². The molecule has 0 aliphatic carbocycles. The largest absolute Gasteiger partial charge is 0.497 e. The number of thiocarbonyl (C=S) groups is 1. The SMILES string of the molecule is COc1ccc(Oc2ccc(N3C(=S)N[C@@H](c4ccccn4)[C@H]3c3cc(C)n(Cc4ccccc4)c3C)cc2)cc1. The van der Waals surface area contributed by atoms with E-state index in [4.69, 9.17) is 26.7 Å². The molecule has 1 fully saturated rings. The van der Waals surface area contributed by atoms with E-state index in [9.17, 15) is 0 Å². The van der Waals surface area contributed by atoms with Crippen LogP contribution in [0.4, 0.5) is 5.69 Å². The van der Waals surface area contributed by atoms with Gasteiger partial charge < -0.3 is 24.3 Å². The van der Waals surface area contributed by atoms with E-state index in [-0.39, 0.29) is 12.1 Å². The first-order valence-corrected chi connectivity index (χ1v) is 14.1. The molecule has 0 bridgehead atoms. The van der Waals surface area contributed by atoms with Crippen molar-refractivity contribution in [2.45, 2.75) is 32.5 Å². The summed E-state index contributed by atoms with van der Waals surface area (Å²) in [7, 11) is 1.65. The van der Waals surface area contributed by atoms with Crippen molar-refractivity contribution in [1.82, 2.24) is 14.9 Å². The minimum atomic E-state index is -0.107. The molecule has 1 aliphatic heterocycles. The molecule has 1 N–H and O–H groups in total. The van der Waals surface area contributed by atoms with E-state index in [0.717, 1.165) is 35.2 Å². The van der Waals surface area contributed by atoms with E-state index in [2.05, 4.69) is 83.2 Å². The number of ether oxygens (including phenoxy) is 2. The lowest BCUT2D eigenvalue weighted by Gasteiger charge is -2.28. The molecule has 7 heteroatoms. The highest BCUT2D eigenvalue weighted by molar-refractivity contribution is 7.80. The van der Waals surface area contributed by atoms with Crippen molar-refractivity contribution in [2.75, 3.05) is 12.0 Å². The van der Waals surface area contributed by atoms with Crippen LogP contribution in [0.2, 0.25) is 0 Å². The molecule has 41 heavy (non-hydrogen) atoms. The fraction of sp³-hybridized carbons (Fsp3) is 0.176. The molecule has 6 rings (SSSR count). The number of nitrogens with one attached hydrogen (secondary N) is 1. The van der Waals surface area contributed by atoms with E-state index >= 15 is 0 Å². The van der Waals surface area contributed by atoms with Gasteiger partial charge in [0.05, 0.1) is 24.9 Å². The molecule has 0 unspecified atom stereocenters. The summed E-state index contributed by atoms with van der Waals surface area (Å²) in [6.45, 7) is 5.19. The Kier molecular flexibility index (Phi) is 7.44. The molecular weight excluding hydrogens is 528 g/mol. The van der Waals surface area contributed by atoms with Crippen LogP contribution in [0.25, 0.3) is 0 Å². The monoisotopic (exact) mass is 560 g/mol. The second-order valence-corrected chi connectivity index (χ2v) is 10.6. The molecule has 1 aliphatic rings. The number of hydrogen-bond donors (Lipinski definition) is 1. The average molecular weight is 561 g/mol. The number of aryl methyl sites for hydroxylation is 1. The topological polar surface area (TPSA) is 51.6 Å². The Morgan fingerprint density at radius 1 is 0.829 bits per heavy atom. The third-order valence-electron chi connectivity index (χ3n) is 7.62. The third kappa shape index (κ3) is 5.41. The minimum absolute atomic E-state index is 0.0820. The highest BCUT2D eigenvalue weighted by atomic mass is 32.1. The van der Waals surface area contributed by atoms with Gasteiger partial charge in [-0.15, -0.1) is 0 Å². The standard InChI is InChI=1S/C34H32N4O2S/c1-23-21-30(24(2)37(23)22-25-9-5-4-6-10-25)33-32(31-11-7-8-20-35-31)36-34(41)38(33)26-12-14-28(15-13-26)40-29-18-16-27(39-3)17-19-29/h4-21,32-33H,22H2,1-3H3,(H,36,41)/t32-,33+/m0/s1. The average Bonchev–Trinajstić information content (AvgIpc) is 3.49. The van der Waals surface area contributed by atoms with Gasteiger partial charge in [-0.2, -0.15) is 0 Å². The molecule has 206 valence electrons. The predicted molar refractivity (Wildman–Crippen MR) is 167 cm³/mol. The second-order valence-electron chi connectivity index (χ2n) is 10.2. The molecule has 6 nitrogen and oxygen atoms in total. The zero-order valence-corrected chi connectivity index (χ0v) is 24.1. The lowest BCUT2D eigenvalue weighted by atomic mass is 9.96. The van der Waals surface area contributed by atoms with Crippen molar-refractivity contribution in [3.63, 3.8) is 0 Å². The molecule has 1 saturated heterocycles. The second kappa shape index (κ2) is 11.5. The molecule has 0 spiro atoms. The van der Waals surface area contributed by atoms with Gasteiger partial charge in [-0.3, -0.25) is 4.98 Å². The maximum atomic E-state index is 6.08. The van der Waals surface area contributed by atoms with Gasteiger partial charge in [0.15, 0.2) is 5.11 Å². The lowest BCUT2D eigenvalue weighted by Crippen LogP contribution is -2.29. The number of aromatic nitrogens is 2. The van der Waals surface area contributed by atoms with Crippen LogP contribution in [0.1, 0.15) is 40.3 Å². The number of benzene rings is 3. The Bertz CT molecular complexity index is 1630. The van der Waals surface area contributed by atoms with Gasteiger partial charge in [0.25, 0.3) is 0 Å². The summed E-state index contributed by atoms with van der Waals surface area (Å²) in [6, 6.07) is 34.3. The molecule has 0 amide bonds. The van der Waals surface area contributed by atoms with Crippen LogP contribution in [0.15, 0.2) is 109 Å². The van der Waals surface area contributed by atoms with E-state index in [1.165, 1.54) is 22.5 Å². The first kappa shape index (κ1) is 26.6. The Hall–Kier alpha value is -4.62. The molecule has 0 saturated carbocycles. The number of pyridine rings is 1. The summed E-state index contributed by atoms with van der Waals surface area (Å²) < 4.78 is 13.7. The fourth-order valence-corrected chi connectivity index (χ4v) is 5.89. The third-order valence-corrected chi connectivity index (χ3v) is 7.94. The van der Waals surface area contributed by atoms with Gasteiger partial charge >= 0.3 is 0 Å². The number of rotatable bonds is 8. The van der Waals surface area contributed by atoms with Crippen LogP contribution < -0.4 is 19.7 Å². The Labute approximate surface area is 246 Å². The molecule has 2 aromatic heterocycles. The van der Waals surface area contributed by atoms with Crippen LogP contribution in [-0.2, 0) is 6.54 Å². The van der Waals surface area contributed by atoms with Gasteiger partial charge in [0.2, 0.25) is 0 Å². The van der Waals surface area contributed by atoms with Crippen LogP contribution >= 0.6 is 12.2 Å². The van der Waals surface area contributed by atoms with Gasteiger partial charge in [-0.1, -0.05) is 36.4 Å². The van der Waals surface area contributed by atoms with Crippen molar-refractivity contribution in [1.29, 1.82) is 0 Å². The maximum Gasteiger partial charge on any atom is 0.174 e. The van der Waals surface area contributed by atoms with Crippen molar-refractivity contribution >= 4 is 23.0 Å². The molecule has 3 aromatic carbocycles. The first-order chi connectivity index (χ1) is 20.0. The minimum Gasteiger partial charge on any atom is -0.497 e. The van der Waals surface area contributed by atoms with Crippen molar-refractivity contribution in [3.8, 4) is 17.2 Å². The summed E-state index contributed by atoms with van der Waals surface area (Å²) in [5.41, 5.74) is 6.86. The zero-order valence-electron chi connectivity index (χ0n) is 23.3. The van der Waals surface area contributed by atoms with Crippen molar-refractivity contribution in [2.24, 2.45) is 0 Å². The van der Waals surface area contributed by atoms with Crippen LogP contribution in [0.5, 0.6) is 17.2 Å². The summed E-state index contributed by atoms with van der Waals surface area (Å²) in [5, 5.41) is 4.25. The fourth-order valence-electron chi connectivity index (χ4n) is 5.54. The highest BCUT2D eigenvalue weighted by Gasteiger charge is 2.42. The Balaban J connectivity index is 1.35. The normalized spacial score (nSPS) is 16.5. The number of methoxy groups -OCH3 is 1. The Morgan fingerprint density at radius 2 is 1.49 bits per heavy atom. The predicted octanol–water partition coefficient (Wildman–Crippen LogP) is 7.53. The highest BCUT2D eigenvalue weighted by Crippen LogP contribution is 2.43. The number of hydrogen-bond acceptors (Lipinski definition) is 4.